The normalized spacial score (nSPS) is 24.0. The number of benzene rings is 3. The van der Waals surface area contributed by atoms with Crippen molar-refractivity contribution in [2.75, 3.05) is 11.5 Å². The fourth-order valence-electron chi connectivity index (χ4n) is 6.64. The van der Waals surface area contributed by atoms with Gasteiger partial charge in [-0.05, 0) is 66.7 Å². The number of fused-ring (bicyclic) bond motifs is 3. The average Bonchev–Trinajstić information content (AvgIpc) is 3.51. The van der Waals surface area contributed by atoms with Gasteiger partial charge in [0, 0.05) is 18.1 Å². The molecule has 2 fully saturated rings. The summed E-state index contributed by atoms with van der Waals surface area (Å²) in [6, 6.07) is 22.9. The van der Waals surface area contributed by atoms with Crippen LogP contribution in [0.1, 0.15) is 37.3 Å². The second-order valence-corrected chi connectivity index (χ2v) is 11.0. The number of phenols is 1. The summed E-state index contributed by atoms with van der Waals surface area (Å²) >= 11 is 0. The van der Waals surface area contributed by atoms with Gasteiger partial charge in [0.05, 0.1) is 35.2 Å². The molecule has 2 heterocycles. The van der Waals surface area contributed by atoms with E-state index < -0.39 is 16.8 Å². The lowest BCUT2D eigenvalue weighted by Crippen LogP contribution is -2.34. The van der Waals surface area contributed by atoms with E-state index in [1.54, 1.807) is 18.2 Å². The Labute approximate surface area is 237 Å². The number of allylic oxidation sites excluding steroid dienone is 2. The number of imide groups is 1. The summed E-state index contributed by atoms with van der Waals surface area (Å²) in [5.41, 5.74) is 5.51. The standard InChI is InChI=1S/C33H30N2O6/c1-20-16-27-31(33(38)34(32(27)37)24-8-5-9-25(18-24)35(39)40)28-19-41-29(30(20)28)15-12-23(22-6-3-2-4-7-22)17-21-10-13-26(36)14-11-21/h2-11,13-14,17-18,27-29,31,36H,12,15-16,19H2,1H3/b23-17-/t27-,28+,29-,31-/m1/s1. The number of aromatic hydroxyl groups is 1. The van der Waals surface area contributed by atoms with Gasteiger partial charge in [0.15, 0.2) is 0 Å². The highest BCUT2D eigenvalue weighted by molar-refractivity contribution is 6.22. The molecule has 2 aliphatic heterocycles. The van der Waals surface area contributed by atoms with Gasteiger partial charge < -0.3 is 9.84 Å². The van der Waals surface area contributed by atoms with E-state index in [1.165, 1.54) is 18.2 Å². The molecule has 3 aromatic carbocycles. The summed E-state index contributed by atoms with van der Waals surface area (Å²) in [6.45, 7) is 2.39. The Morgan fingerprint density at radius 1 is 1.02 bits per heavy atom. The third kappa shape index (κ3) is 4.95. The van der Waals surface area contributed by atoms with Crippen LogP contribution >= 0.6 is 0 Å². The van der Waals surface area contributed by atoms with Gasteiger partial charge in [-0.1, -0.05) is 60.2 Å². The number of nitro groups is 1. The summed E-state index contributed by atoms with van der Waals surface area (Å²) in [4.78, 5) is 39.1. The van der Waals surface area contributed by atoms with Gasteiger partial charge in [0.1, 0.15) is 5.75 Å². The van der Waals surface area contributed by atoms with E-state index in [4.69, 9.17) is 4.74 Å². The van der Waals surface area contributed by atoms with E-state index >= 15 is 0 Å². The third-order valence-corrected chi connectivity index (χ3v) is 8.51. The van der Waals surface area contributed by atoms with E-state index in [-0.39, 0.29) is 41.0 Å². The number of carbonyl (C=O) groups is 2. The van der Waals surface area contributed by atoms with Crippen LogP contribution in [0.4, 0.5) is 11.4 Å². The van der Waals surface area contributed by atoms with Crippen molar-refractivity contribution in [2.24, 2.45) is 17.8 Å². The van der Waals surface area contributed by atoms with Gasteiger partial charge in [-0.3, -0.25) is 19.7 Å². The minimum absolute atomic E-state index is 0.160. The number of amides is 2. The number of ether oxygens (including phenoxy) is 1. The summed E-state index contributed by atoms with van der Waals surface area (Å²) in [6.07, 6.45) is 3.88. The Morgan fingerprint density at radius 2 is 1.78 bits per heavy atom. The average molecular weight is 551 g/mol. The summed E-state index contributed by atoms with van der Waals surface area (Å²) in [5.74, 6) is -1.61. The molecule has 3 aromatic rings. The van der Waals surface area contributed by atoms with Crippen molar-refractivity contribution in [3.63, 3.8) is 0 Å². The summed E-state index contributed by atoms with van der Waals surface area (Å²) < 4.78 is 6.32. The molecule has 0 bridgehead atoms. The van der Waals surface area contributed by atoms with Crippen LogP contribution in [0.2, 0.25) is 0 Å². The molecule has 1 aliphatic carbocycles. The predicted octanol–water partition coefficient (Wildman–Crippen LogP) is 6.16. The molecule has 1 N–H and O–H groups in total. The molecule has 2 amide bonds. The van der Waals surface area contributed by atoms with Gasteiger partial charge in [-0.15, -0.1) is 0 Å². The number of nitrogens with zero attached hydrogens (tertiary/aromatic N) is 2. The van der Waals surface area contributed by atoms with Gasteiger partial charge in [-0.2, -0.15) is 0 Å². The molecule has 8 nitrogen and oxygen atoms in total. The first kappa shape index (κ1) is 26.7. The first-order valence-corrected chi connectivity index (χ1v) is 13.8. The molecule has 0 saturated carbocycles. The first-order valence-electron chi connectivity index (χ1n) is 13.8. The van der Waals surface area contributed by atoms with E-state index in [9.17, 15) is 24.8 Å². The Bertz CT molecular complexity index is 1580. The van der Waals surface area contributed by atoms with Crippen molar-refractivity contribution in [1.29, 1.82) is 0 Å². The van der Waals surface area contributed by atoms with E-state index in [1.807, 2.05) is 37.3 Å². The van der Waals surface area contributed by atoms with Gasteiger partial charge >= 0.3 is 0 Å². The van der Waals surface area contributed by atoms with Crippen molar-refractivity contribution < 1.29 is 24.4 Å². The molecular formula is C33H30N2O6. The number of nitro benzene ring substituents is 1. The number of non-ortho nitro benzene ring substituents is 1. The van der Waals surface area contributed by atoms with Crippen LogP contribution < -0.4 is 4.90 Å². The highest BCUT2D eigenvalue weighted by atomic mass is 16.6. The molecule has 8 heteroatoms. The Morgan fingerprint density at radius 3 is 2.51 bits per heavy atom. The molecule has 6 rings (SSSR count). The maximum Gasteiger partial charge on any atom is 0.271 e. The Kier molecular flexibility index (Phi) is 7.01. The lowest BCUT2D eigenvalue weighted by atomic mass is 9.70. The SMILES string of the molecule is CC1=C2[C@@H](CC/C(=C/c3ccc(O)cc3)c3ccccc3)OC[C@@H]2[C@@H]2C(=O)N(c3cccc([N+](=O)[O-])c3)C(=O)[C@@H]2C1. The van der Waals surface area contributed by atoms with Gasteiger partial charge in [0.25, 0.3) is 5.69 Å². The molecule has 0 spiro atoms. The zero-order valence-electron chi connectivity index (χ0n) is 22.6. The monoisotopic (exact) mass is 550 g/mol. The van der Waals surface area contributed by atoms with E-state index in [2.05, 4.69) is 18.2 Å². The summed E-state index contributed by atoms with van der Waals surface area (Å²) in [7, 11) is 0. The quantitative estimate of drug-likeness (QED) is 0.124. The van der Waals surface area contributed by atoms with Crippen molar-refractivity contribution in [1.82, 2.24) is 0 Å². The van der Waals surface area contributed by atoms with Crippen LogP contribution in [0.5, 0.6) is 5.75 Å². The topological polar surface area (TPSA) is 110 Å². The first-order chi connectivity index (χ1) is 19.8. The minimum Gasteiger partial charge on any atom is -0.508 e. The van der Waals surface area contributed by atoms with Crippen LogP contribution in [-0.2, 0) is 14.3 Å². The molecule has 0 aromatic heterocycles. The molecule has 0 radical (unpaired) electrons. The highest BCUT2D eigenvalue weighted by Crippen LogP contribution is 2.50. The predicted molar refractivity (Wildman–Crippen MR) is 155 cm³/mol. The van der Waals surface area contributed by atoms with E-state index in [0.29, 0.717) is 13.0 Å². The maximum atomic E-state index is 13.7. The maximum absolute atomic E-state index is 13.7. The van der Waals surface area contributed by atoms with Gasteiger partial charge in [-0.25, -0.2) is 4.90 Å². The Balaban J connectivity index is 1.24. The van der Waals surface area contributed by atoms with Gasteiger partial charge in [0.2, 0.25) is 11.8 Å². The fraction of sp³-hybridized carbons (Fsp3) is 0.273. The van der Waals surface area contributed by atoms with Crippen molar-refractivity contribution in [3.05, 3.63) is 111 Å². The number of hydrogen-bond acceptors (Lipinski definition) is 6. The molecule has 3 aliphatic rings. The zero-order valence-corrected chi connectivity index (χ0v) is 22.6. The number of anilines is 1. The molecule has 0 unspecified atom stereocenters. The van der Waals surface area contributed by atoms with Crippen LogP contribution in [-0.4, -0.2) is 34.6 Å². The third-order valence-electron chi connectivity index (χ3n) is 8.51. The van der Waals surface area contributed by atoms with Crippen LogP contribution in [0.3, 0.4) is 0 Å². The van der Waals surface area contributed by atoms with Crippen LogP contribution in [0.25, 0.3) is 11.6 Å². The van der Waals surface area contributed by atoms with Crippen LogP contribution in [0, 0.1) is 27.9 Å². The molecule has 2 saturated heterocycles. The van der Waals surface area contributed by atoms with E-state index in [0.717, 1.165) is 45.6 Å². The number of phenolic OH excluding ortho intramolecular Hbond substituents is 1. The molecule has 208 valence electrons. The van der Waals surface area contributed by atoms with Crippen molar-refractivity contribution in [2.45, 2.75) is 32.3 Å². The molecule has 4 atom stereocenters. The number of rotatable bonds is 7. The fourth-order valence-corrected chi connectivity index (χ4v) is 6.64. The smallest absolute Gasteiger partial charge is 0.271 e. The number of carbonyl (C=O) groups excluding carboxylic acids is 2. The van der Waals surface area contributed by atoms with Crippen molar-refractivity contribution >= 4 is 34.8 Å². The zero-order chi connectivity index (χ0) is 28.7. The second kappa shape index (κ2) is 10.8. The number of hydrogen-bond donors (Lipinski definition) is 1. The lowest BCUT2D eigenvalue weighted by molar-refractivity contribution is -0.384. The van der Waals surface area contributed by atoms with Crippen molar-refractivity contribution in [3.8, 4) is 5.75 Å². The lowest BCUT2D eigenvalue weighted by Gasteiger charge is -2.30. The second-order valence-electron chi connectivity index (χ2n) is 11.0. The minimum atomic E-state index is -0.536. The highest BCUT2D eigenvalue weighted by Gasteiger charge is 2.57. The molecule has 41 heavy (non-hydrogen) atoms. The van der Waals surface area contributed by atoms with Crippen LogP contribution in [0.15, 0.2) is 90.0 Å². The molecular weight excluding hydrogens is 520 g/mol. The largest absolute Gasteiger partial charge is 0.508 e. The summed E-state index contributed by atoms with van der Waals surface area (Å²) in [5, 5.41) is 21.0. The Hall–Kier alpha value is -4.56.